The zero-order chi connectivity index (χ0) is 44.0. The van der Waals surface area contributed by atoms with E-state index in [1.807, 2.05) is 26.2 Å². The molecule has 5 saturated carbocycles. The summed E-state index contributed by atoms with van der Waals surface area (Å²) in [6.45, 7) is 21.5. The molecule has 5 fully saturated rings. The molecule has 1 aromatic carbocycles. The Morgan fingerprint density at radius 2 is 1.57 bits per heavy atom. The predicted molar refractivity (Wildman–Crippen MR) is 229 cm³/mol. The molecule has 60 heavy (non-hydrogen) atoms. The number of hydrogen-bond acceptors (Lipinski definition) is 8. The highest BCUT2D eigenvalue weighted by Crippen LogP contribution is 2.87. The van der Waals surface area contributed by atoms with Gasteiger partial charge in [-0.15, -0.1) is 0 Å². The van der Waals surface area contributed by atoms with E-state index in [0.717, 1.165) is 82.0 Å². The summed E-state index contributed by atoms with van der Waals surface area (Å²) in [5, 5.41) is 9.68. The Morgan fingerprint density at radius 1 is 0.900 bits per heavy atom. The average molecular weight is 833 g/mol. The molecule has 1 spiro atoms. The number of nitrogens with zero attached hydrogens (tertiary/aromatic N) is 2. The number of aliphatic carboxylic acids is 1. The Kier molecular flexibility index (Phi) is 11.5. The summed E-state index contributed by atoms with van der Waals surface area (Å²) in [4.78, 5) is 57.2. The van der Waals surface area contributed by atoms with Crippen LogP contribution in [0.15, 0.2) is 35.4 Å². The summed E-state index contributed by atoms with van der Waals surface area (Å²) in [5.74, 6) is -1.13. The number of halogens is 1. The van der Waals surface area contributed by atoms with E-state index in [0.29, 0.717) is 25.4 Å². The number of ketones is 1. The Balaban J connectivity index is 1.21. The molecule has 7 rings (SSSR count). The largest absolute Gasteiger partial charge is 0.481 e. The van der Waals surface area contributed by atoms with Crippen LogP contribution in [0.2, 0.25) is 0 Å². The number of allylic oxidation sites excluding steroid dienone is 1. The van der Waals surface area contributed by atoms with Crippen molar-refractivity contribution in [1.82, 2.24) is 9.80 Å². The van der Waals surface area contributed by atoms with Gasteiger partial charge in [-0.2, -0.15) is 0 Å². The fourth-order valence-corrected chi connectivity index (χ4v) is 14.9. The van der Waals surface area contributed by atoms with E-state index in [1.165, 1.54) is 24.6 Å². The van der Waals surface area contributed by atoms with Crippen molar-refractivity contribution in [1.29, 1.82) is 0 Å². The first-order chi connectivity index (χ1) is 27.9. The number of carboxylic acid groups (broad SMARTS) is 1. The Morgan fingerprint density at radius 3 is 2.18 bits per heavy atom. The third kappa shape index (κ3) is 6.91. The van der Waals surface area contributed by atoms with Gasteiger partial charge in [0, 0.05) is 50.4 Å². The second-order valence-electron chi connectivity index (χ2n) is 22.5. The van der Waals surface area contributed by atoms with E-state index in [-0.39, 0.29) is 69.0 Å². The van der Waals surface area contributed by atoms with Crippen molar-refractivity contribution < 1.29 is 38.1 Å². The first kappa shape index (κ1) is 44.9. The maximum absolute atomic E-state index is 14.6. The van der Waals surface area contributed by atoms with Crippen LogP contribution in [-0.2, 0) is 35.2 Å². The van der Waals surface area contributed by atoms with Crippen molar-refractivity contribution in [2.24, 2.45) is 55.7 Å². The van der Waals surface area contributed by atoms with E-state index in [9.17, 15) is 28.7 Å². The standard InChI is InChI=1S/C50H73FN2O7/c1-31(2)41-36(55)26-49(39(59-32(3)54)29-53(25-24-52(10)11)28-33-12-14-34(51)15-13-33)22-20-45(6)35(42(41)49)16-17-37-46(45,7)21-23-50-30-48(50,9)38(18-19-47(37,50)8)60-40(56)27-44(4,5)43(57)58/h12-15,31,35,37-39H,16-30H2,1-11H3,(H,57,58)/t35-,37+,38+,39?,45-,46-,47-,48?,49?,50+/m1/s1. The molecule has 0 radical (unpaired) electrons. The van der Waals surface area contributed by atoms with Gasteiger partial charge in [0.2, 0.25) is 0 Å². The van der Waals surface area contributed by atoms with Crippen LogP contribution in [0.5, 0.6) is 0 Å². The summed E-state index contributed by atoms with van der Waals surface area (Å²) < 4.78 is 26.7. The van der Waals surface area contributed by atoms with Crippen LogP contribution < -0.4 is 0 Å². The smallest absolute Gasteiger partial charge is 0.309 e. The van der Waals surface area contributed by atoms with Crippen molar-refractivity contribution in [2.45, 2.75) is 152 Å². The highest BCUT2D eigenvalue weighted by Gasteiger charge is 2.82. The van der Waals surface area contributed by atoms with Gasteiger partial charge in [-0.3, -0.25) is 24.1 Å². The lowest BCUT2D eigenvalue weighted by molar-refractivity contribution is -0.221. The van der Waals surface area contributed by atoms with E-state index in [4.69, 9.17) is 9.47 Å². The van der Waals surface area contributed by atoms with Crippen molar-refractivity contribution in [3.8, 4) is 0 Å². The molecule has 332 valence electrons. The maximum atomic E-state index is 14.6. The second-order valence-corrected chi connectivity index (χ2v) is 22.5. The predicted octanol–water partition coefficient (Wildman–Crippen LogP) is 9.27. The van der Waals surface area contributed by atoms with E-state index < -0.39 is 28.9 Å². The molecule has 0 amide bonds. The number of benzene rings is 1. The number of likely N-dealkylation sites (N-methyl/N-ethyl adjacent to an activating group) is 1. The summed E-state index contributed by atoms with van der Waals surface area (Å²) >= 11 is 0. The Hall–Kier alpha value is -3.11. The summed E-state index contributed by atoms with van der Waals surface area (Å²) in [7, 11) is 4.10. The monoisotopic (exact) mass is 833 g/mol. The number of Topliss-reactive ketones (excluding diaryl/α,β-unsaturated/α-hetero) is 1. The van der Waals surface area contributed by atoms with Crippen LogP contribution in [0.1, 0.15) is 139 Å². The van der Waals surface area contributed by atoms with Gasteiger partial charge in [0.1, 0.15) is 18.0 Å². The molecule has 9 nitrogen and oxygen atoms in total. The summed E-state index contributed by atoms with van der Waals surface area (Å²) in [5.41, 5.74) is 1.34. The molecule has 1 N–H and O–H groups in total. The Bertz CT molecular complexity index is 1930. The zero-order valence-corrected chi connectivity index (χ0v) is 38.5. The molecular weight excluding hydrogens is 760 g/mol. The van der Waals surface area contributed by atoms with Crippen molar-refractivity contribution >= 4 is 23.7 Å². The molecule has 6 aliphatic carbocycles. The maximum Gasteiger partial charge on any atom is 0.309 e. The molecule has 6 aliphatic rings. The van der Waals surface area contributed by atoms with Gasteiger partial charge < -0.3 is 19.5 Å². The molecule has 0 aliphatic heterocycles. The third-order valence-corrected chi connectivity index (χ3v) is 18.4. The van der Waals surface area contributed by atoms with Crippen LogP contribution in [0.3, 0.4) is 0 Å². The summed E-state index contributed by atoms with van der Waals surface area (Å²) in [6, 6.07) is 6.64. The second kappa shape index (κ2) is 15.3. The van der Waals surface area contributed by atoms with Crippen molar-refractivity contribution in [3.63, 3.8) is 0 Å². The van der Waals surface area contributed by atoms with Gasteiger partial charge >= 0.3 is 17.9 Å². The van der Waals surface area contributed by atoms with Crippen LogP contribution in [0.4, 0.5) is 4.39 Å². The molecular formula is C50H73FN2O7. The number of fused-ring (bicyclic) bond motifs is 6. The fraction of sp³-hybridized carbons (Fsp3) is 0.760. The Labute approximate surface area is 358 Å². The van der Waals surface area contributed by atoms with Crippen LogP contribution in [0.25, 0.3) is 0 Å². The van der Waals surface area contributed by atoms with Crippen LogP contribution in [-0.4, -0.2) is 84.5 Å². The topological polar surface area (TPSA) is 113 Å². The minimum atomic E-state index is -1.18. The minimum absolute atomic E-state index is 0.00140. The molecule has 0 saturated heterocycles. The number of carbonyl (C=O) groups excluding carboxylic acids is 3. The van der Waals surface area contributed by atoms with Crippen LogP contribution in [0, 0.1) is 61.5 Å². The summed E-state index contributed by atoms with van der Waals surface area (Å²) in [6.07, 6.45) is 8.16. The van der Waals surface area contributed by atoms with E-state index >= 15 is 0 Å². The number of ether oxygens (including phenoxy) is 2. The lowest BCUT2D eigenvalue weighted by Crippen LogP contribution is -2.65. The molecule has 10 heteroatoms. The fourth-order valence-electron chi connectivity index (χ4n) is 14.9. The number of rotatable bonds is 14. The zero-order valence-electron chi connectivity index (χ0n) is 38.5. The average Bonchev–Trinajstić information content (AvgIpc) is 3.68. The SMILES string of the molecule is CC(=O)OC(CN(CCN(C)C)Cc1ccc(F)cc1)C12CC[C@]3(C)[C@H](CC[C@@H]4[C@@]5(C)CC[C@H](OC(=O)CC(C)(C)C(=O)O)C6(C)C[C@]65CC[C@]43C)C1=C(C(C)C)C(=O)C2. The number of carbonyl (C=O) groups is 4. The third-order valence-electron chi connectivity index (χ3n) is 18.4. The molecule has 0 heterocycles. The van der Waals surface area contributed by atoms with Gasteiger partial charge in [-0.1, -0.05) is 53.7 Å². The number of hydrogen-bond donors (Lipinski definition) is 1. The molecule has 0 aromatic heterocycles. The lowest BCUT2D eigenvalue weighted by Gasteiger charge is -2.71. The first-order valence-corrected chi connectivity index (χ1v) is 22.9. The van der Waals surface area contributed by atoms with Gasteiger partial charge in [0.25, 0.3) is 0 Å². The van der Waals surface area contributed by atoms with E-state index in [1.54, 1.807) is 13.8 Å². The first-order valence-electron chi connectivity index (χ1n) is 22.9. The van der Waals surface area contributed by atoms with Gasteiger partial charge in [-0.05, 0) is 154 Å². The molecule has 3 unspecified atom stereocenters. The van der Waals surface area contributed by atoms with Gasteiger partial charge in [0.15, 0.2) is 5.78 Å². The van der Waals surface area contributed by atoms with Gasteiger partial charge in [0.05, 0.1) is 11.8 Å². The number of carboxylic acids is 1. The normalized spacial score (nSPS) is 37.5. The van der Waals surface area contributed by atoms with Crippen molar-refractivity contribution in [3.05, 3.63) is 46.8 Å². The molecule has 0 bridgehead atoms. The minimum Gasteiger partial charge on any atom is -0.481 e. The van der Waals surface area contributed by atoms with Gasteiger partial charge in [-0.25, -0.2) is 4.39 Å². The highest BCUT2D eigenvalue weighted by molar-refractivity contribution is 6.01. The van der Waals surface area contributed by atoms with Crippen LogP contribution >= 0.6 is 0 Å². The molecule has 1 aromatic rings. The van der Waals surface area contributed by atoms with E-state index in [2.05, 4.69) is 51.3 Å². The highest BCUT2D eigenvalue weighted by atomic mass is 19.1. The molecule has 10 atom stereocenters. The van der Waals surface area contributed by atoms with Crippen molar-refractivity contribution in [2.75, 3.05) is 33.7 Å². The lowest BCUT2D eigenvalue weighted by atomic mass is 9.33. The quantitative estimate of drug-likeness (QED) is 0.183. The number of esters is 2.